The van der Waals surface area contributed by atoms with Gasteiger partial charge in [0.2, 0.25) is 0 Å². The van der Waals surface area contributed by atoms with Crippen LogP contribution in [0.25, 0.3) is 16.3 Å². The SMILES string of the molecule is CC(C)(C)OCCC(=C(F)B1OC(C)(C)C(C)(C)O1)c1ccc2ccccc2c1. The summed E-state index contributed by atoms with van der Waals surface area (Å²) in [5, 5.41) is 2.19. The summed E-state index contributed by atoms with van der Waals surface area (Å²) in [7, 11) is -1.02. The molecule has 1 aliphatic rings. The maximum Gasteiger partial charge on any atom is 0.525 e. The molecule has 0 radical (unpaired) electrons. The fourth-order valence-corrected chi connectivity index (χ4v) is 3.33. The van der Waals surface area contributed by atoms with E-state index >= 15 is 4.39 Å². The normalized spacial score (nSPS) is 19.5. The molecule has 5 heteroatoms. The van der Waals surface area contributed by atoms with Gasteiger partial charge in [-0.15, -0.1) is 0 Å². The lowest BCUT2D eigenvalue weighted by Crippen LogP contribution is -2.41. The van der Waals surface area contributed by atoms with Crippen molar-refractivity contribution in [2.45, 2.75) is 71.7 Å². The molecule has 2 aromatic rings. The second-order valence-corrected chi connectivity index (χ2v) is 9.69. The molecule has 3 nitrogen and oxygen atoms in total. The topological polar surface area (TPSA) is 27.7 Å². The number of benzene rings is 2. The molecule has 0 aliphatic carbocycles. The zero-order valence-electron chi connectivity index (χ0n) is 18.6. The Morgan fingerprint density at radius 3 is 2.14 bits per heavy atom. The number of hydrogen-bond acceptors (Lipinski definition) is 3. The average Bonchev–Trinajstić information content (AvgIpc) is 2.84. The van der Waals surface area contributed by atoms with E-state index in [2.05, 4.69) is 6.07 Å². The van der Waals surface area contributed by atoms with Gasteiger partial charge in [0, 0.05) is 0 Å². The highest BCUT2D eigenvalue weighted by atomic mass is 19.1. The quantitative estimate of drug-likeness (QED) is 0.549. The van der Waals surface area contributed by atoms with Crippen molar-refractivity contribution in [2.24, 2.45) is 0 Å². The van der Waals surface area contributed by atoms with Gasteiger partial charge in [-0.3, -0.25) is 0 Å². The van der Waals surface area contributed by atoms with E-state index in [1.54, 1.807) is 0 Å². The van der Waals surface area contributed by atoms with Gasteiger partial charge in [-0.2, -0.15) is 0 Å². The van der Waals surface area contributed by atoms with Gasteiger partial charge in [0.1, 0.15) is 5.73 Å². The molecule has 0 atom stereocenters. The van der Waals surface area contributed by atoms with Crippen molar-refractivity contribution in [1.82, 2.24) is 0 Å². The molecule has 1 saturated heterocycles. The van der Waals surface area contributed by atoms with Crippen molar-refractivity contribution in [2.75, 3.05) is 6.61 Å². The van der Waals surface area contributed by atoms with Crippen molar-refractivity contribution in [1.29, 1.82) is 0 Å². The summed E-state index contributed by atoms with van der Waals surface area (Å²) < 4.78 is 33.6. The minimum absolute atomic E-state index is 0.282. The second-order valence-electron chi connectivity index (χ2n) is 9.69. The Bertz CT molecular complexity index is 896. The van der Waals surface area contributed by atoms with Crippen LogP contribution in [0.15, 0.2) is 48.2 Å². The van der Waals surface area contributed by atoms with E-state index in [0.717, 1.165) is 16.3 Å². The van der Waals surface area contributed by atoms with Crippen LogP contribution in [0.1, 0.15) is 60.5 Å². The highest BCUT2D eigenvalue weighted by Gasteiger charge is 2.53. The number of halogens is 1. The summed E-state index contributed by atoms with van der Waals surface area (Å²) >= 11 is 0. The van der Waals surface area contributed by atoms with Crippen LogP contribution < -0.4 is 0 Å². The van der Waals surface area contributed by atoms with Crippen LogP contribution in [-0.4, -0.2) is 30.5 Å². The highest BCUT2D eigenvalue weighted by molar-refractivity contribution is 6.55. The van der Waals surface area contributed by atoms with Gasteiger partial charge in [-0.25, -0.2) is 4.39 Å². The molecule has 0 unspecified atom stereocenters. The summed E-state index contributed by atoms with van der Waals surface area (Å²) in [4.78, 5) is 0. The predicted octanol–water partition coefficient (Wildman–Crippen LogP) is 6.36. The van der Waals surface area contributed by atoms with Gasteiger partial charge in [0.15, 0.2) is 0 Å². The molecule has 156 valence electrons. The van der Waals surface area contributed by atoms with E-state index in [-0.39, 0.29) is 11.3 Å². The maximum absolute atomic E-state index is 15.7. The van der Waals surface area contributed by atoms with Gasteiger partial charge in [0.05, 0.1) is 23.4 Å². The first-order chi connectivity index (χ1) is 13.4. The van der Waals surface area contributed by atoms with Crippen molar-refractivity contribution in [3.05, 3.63) is 53.8 Å². The Labute approximate surface area is 174 Å². The number of rotatable bonds is 5. The van der Waals surface area contributed by atoms with E-state index in [1.807, 2.05) is 84.9 Å². The third-order valence-corrected chi connectivity index (χ3v) is 5.73. The van der Waals surface area contributed by atoms with Gasteiger partial charge >= 0.3 is 7.12 Å². The van der Waals surface area contributed by atoms with E-state index in [9.17, 15) is 0 Å². The van der Waals surface area contributed by atoms with Crippen LogP contribution in [0.4, 0.5) is 4.39 Å². The van der Waals surface area contributed by atoms with Crippen LogP contribution in [-0.2, 0) is 14.0 Å². The van der Waals surface area contributed by atoms with Crippen LogP contribution in [0.2, 0.25) is 0 Å². The summed E-state index contributed by atoms with van der Waals surface area (Å²) in [6.45, 7) is 14.1. The first-order valence-electron chi connectivity index (χ1n) is 10.3. The van der Waals surface area contributed by atoms with Crippen molar-refractivity contribution in [3.63, 3.8) is 0 Å². The molecule has 3 rings (SSSR count). The first kappa shape index (κ1) is 22.0. The zero-order valence-corrected chi connectivity index (χ0v) is 18.6. The van der Waals surface area contributed by atoms with Gasteiger partial charge in [-0.1, -0.05) is 36.4 Å². The third kappa shape index (κ3) is 4.91. The molecule has 0 N–H and O–H groups in total. The minimum Gasteiger partial charge on any atom is -0.398 e. The first-order valence-corrected chi connectivity index (χ1v) is 10.3. The molecule has 1 fully saturated rings. The van der Waals surface area contributed by atoms with Gasteiger partial charge in [0.25, 0.3) is 0 Å². The second kappa shape index (κ2) is 7.86. The Kier molecular flexibility index (Phi) is 5.97. The van der Waals surface area contributed by atoms with Gasteiger partial charge in [-0.05, 0) is 82.9 Å². The molecule has 0 bridgehead atoms. The van der Waals surface area contributed by atoms with Crippen molar-refractivity contribution < 1.29 is 18.4 Å². The largest absolute Gasteiger partial charge is 0.525 e. The van der Waals surface area contributed by atoms with E-state index in [1.165, 1.54) is 0 Å². The fraction of sp³-hybridized carbons (Fsp3) is 0.500. The summed E-state index contributed by atoms with van der Waals surface area (Å²) in [5.74, 6) is 0. The van der Waals surface area contributed by atoms with Crippen LogP contribution in [0.3, 0.4) is 0 Å². The fourth-order valence-electron chi connectivity index (χ4n) is 3.33. The van der Waals surface area contributed by atoms with Crippen molar-refractivity contribution in [3.8, 4) is 0 Å². The minimum atomic E-state index is -1.02. The third-order valence-electron chi connectivity index (χ3n) is 5.73. The molecular weight excluding hydrogens is 366 g/mol. The lowest BCUT2D eigenvalue weighted by atomic mass is 9.81. The molecule has 2 aromatic carbocycles. The van der Waals surface area contributed by atoms with Gasteiger partial charge < -0.3 is 14.0 Å². The maximum atomic E-state index is 15.7. The standard InChI is InChI=1S/C24H32BFO3/c1-22(2,3)27-15-14-20(19-13-12-17-10-8-9-11-18(17)16-19)21(26)25-28-23(4,5)24(6,7)29-25/h8-13,16H,14-15H2,1-7H3. The molecule has 29 heavy (non-hydrogen) atoms. The van der Waals surface area contributed by atoms with E-state index in [4.69, 9.17) is 14.0 Å². The monoisotopic (exact) mass is 398 g/mol. The Morgan fingerprint density at radius 1 is 0.966 bits per heavy atom. The summed E-state index contributed by atoms with van der Waals surface area (Å²) in [5.41, 5.74) is -0.449. The molecular formula is C24H32BFO3. The highest BCUT2D eigenvalue weighted by Crippen LogP contribution is 2.41. The number of hydrogen-bond donors (Lipinski definition) is 0. The molecule has 0 spiro atoms. The Morgan fingerprint density at radius 2 is 1.55 bits per heavy atom. The predicted molar refractivity (Wildman–Crippen MR) is 118 cm³/mol. The van der Waals surface area contributed by atoms with Crippen LogP contribution >= 0.6 is 0 Å². The average molecular weight is 398 g/mol. The zero-order chi connectivity index (χ0) is 21.4. The number of ether oxygens (including phenoxy) is 1. The van der Waals surface area contributed by atoms with Crippen LogP contribution in [0, 0.1) is 0 Å². The lowest BCUT2D eigenvalue weighted by molar-refractivity contribution is 0.000564. The number of fused-ring (bicyclic) bond motifs is 1. The van der Waals surface area contributed by atoms with Crippen molar-refractivity contribution >= 4 is 23.5 Å². The molecule has 0 amide bonds. The summed E-state index contributed by atoms with van der Waals surface area (Å²) in [6.07, 6.45) is 0.436. The van der Waals surface area contributed by atoms with E-state index in [0.29, 0.717) is 18.6 Å². The smallest absolute Gasteiger partial charge is 0.398 e. The molecule has 1 heterocycles. The molecule has 0 saturated carbocycles. The summed E-state index contributed by atoms with van der Waals surface area (Å²) in [6, 6.07) is 14.1. The molecule has 1 aliphatic heterocycles. The Hall–Kier alpha value is -1.69. The Balaban J connectivity index is 1.98. The van der Waals surface area contributed by atoms with Crippen LogP contribution in [0.5, 0.6) is 0 Å². The lowest BCUT2D eigenvalue weighted by Gasteiger charge is -2.32. The molecule has 0 aromatic heterocycles. The van der Waals surface area contributed by atoms with E-state index < -0.39 is 18.3 Å².